The van der Waals surface area contributed by atoms with E-state index in [0.29, 0.717) is 28.1 Å². The normalized spacial score (nSPS) is 15.9. The first kappa shape index (κ1) is 22.2. The van der Waals surface area contributed by atoms with Gasteiger partial charge in [0.2, 0.25) is 0 Å². The second kappa shape index (κ2) is 9.22. The van der Waals surface area contributed by atoms with E-state index in [1.165, 1.54) is 12.1 Å². The minimum Gasteiger partial charge on any atom is -0.451 e. The number of hydrogen-bond donors (Lipinski definition) is 3. The first-order chi connectivity index (χ1) is 15.3. The number of rotatable bonds is 6. The topological polar surface area (TPSA) is 92.4 Å². The Morgan fingerprint density at radius 3 is 2.53 bits per heavy atom. The highest BCUT2D eigenvalue weighted by molar-refractivity contribution is 6.31. The third-order valence-electron chi connectivity index (χ3n) is 5.65. The largest absolute Gasteiger partial charge is 0.451 e. The van der Waals surface area contributed by atoms with E-state index in [9.17, 15) is 15.2 Å². The summed E-state index contributed by atoms with van der Waals surface area (Å²) in [5, 5.41) is 22.0. The average Bonchev–Trinajstić information content (AvgIpc) is 3.44. The summed E-state index contributed by atoms with van der Waals surface area (Å²) in [4.78, 5) is 17.2. The molecule has 32 heavy (non-hydrogen) atoms. The van der Waals surface area contributed by atoms with Crippen molar-refractivity contribution in [2.75, 3.05) is 42.6 Å². The third-order valence-corrected chi connectivity index (χ3v) is 5.89. The van der Waals surface area contributed by atoms with Gasteiger partial charge in [0, 0.05) is 41.1 Å². The van der Waals surface area contributed by atoms with E-state index in [1.54, 1.807) is 18.2 Å². The lowest BCUT2D eigenvalue weighted by molar-refractivity contribution is 0.0294. The zero-order valence-electron chi connectivity index (χ0n) is 17.8. The van der Waals surface area contributed by atoms with Crippen molar-refractivity contribution in [2.24, 2.45) is 0 Å². The van der Waals surface area contributed by atoms with Crippen molar-refractivity contribution in [1.82, 2.24) is 4.90 Å². The van der Waals surface area contributed by atoms with E-state index in [0.717, 1.165) is 25.2 Å². The van der Waals surface area contributed by atoms with Gasteiger partial charge in [0.25, 0.3) is 5.91 Å². The van der Waals surface area contributed by atoms with Gasteiger partial charge in [-0.15, -0.1) is 5.23 Å². The number of hydrogen-bond acceptors (Lipinski definition) is 7. The Kier molecular flexibility index (Phi) is 6.38. The number of anilines is 3. The summed E-state index contributed by atoms with van der Waals surface area (Å²) in [6.07, 6.45) is 1.13. The quantitative estimate of drug-likeness (QED) is 0.467. The van der Waals surface area contributed by atoms with Gasteiger partial charge in [0.1, 0.15) is 11.4 Å². The molecule has 2 heterocycles. The lowest BCUT2D eigenvalue weighted by Gasteiger charge is -2.22. The summed E-state index contributed by atoms with van der Waals surface area (Å²) >= 11 is 5.92. The maximum atomic E-state index is 12.6. The second-order valence-corrected chi connectivity index (χ2v) is 8.40. The second-order valence-electron chi connectivity index (χ2n) is 7.97. The lowest BCUT2D eigenvalue weighted by Crippen LogP contribution is -2.31. The molecule has 3 aromatic rings. The number of nitrogens with one attached hydrogen (secondary N) is 1. The predicted molar refractivity (Wildman–Crippen MR) is 124 cm³/mol. The molecule has 0 spiro atoms. The highest BCUT2D eigenvalue weighted by Gasteiger charge is 2.24. The molecule has 3 N–H and O–H groups in total. The molecule has 2 aromatic carbocycles. The molecule has 1 saturated heterocycles. The SMILES string of the molecule is CN(C)C1CCN(c2ccc(NC(=O)c3ccc(-c4ccc(Cl)cc4N(O)O)o3)cc2)C1. The highest BCUT2D eigenvalue weighted by atomic mass is 35.5. The molecule has 168 valence electrons. The standard InChI is InChI=1S/C23H25ClN4O4/c1-26(2)18-11-12-27(14-18)17-6-4-16(5-7-17)25-23(29)22-10-9-21(32-22)19-8-3-15(24)13-20(19)28(30)31/h3-10,13,18,30-31H,11-12,14H2,1-2H3,(H,25,29). The molecule has 1 fully saturated rings. The lowest BCUT2D eigenvalue weighted by atomic mass is 10.1. The fourth-order valence-electron chi connectivity index (χ4n) is 3.83. The first-order valence-corrected chi connectivity index (χ1v) is 10.6. The van der Waals surface area contributed by atoms with Crippen LogP contribution in [0.5, 0.6) is 0 Å². The maximum Gasteiger partial charge on any atom is 0.291 e. The molecule has 1 atom stereocenters. The number of carbonyl (C=O) groups excluding carboxylic acids is 1. The van der Waals surface area contributed by atoms with Crippen LogP contribution in [0.25, 0.3) is 11.3 Å². The Bertz CT molecular complexity index is 1100. The smallest absolute Gasteiger partial charge is 0.291 e. The number of benzene rings is 2. The molecule has 1 unspecified atom stereocenters. The van der Waals surface area contributed by atoms with Crippen LogP contribution in [0, 0.1) is 0 Å². The summed E-state index contributed by atoms with van der Waals surface area (Å²) in [7, 11) is 4.20. The van der Waals surface area contributed by atoms with Crippen molar-refractivity contribution in [3.05, 3.63) is 65.4 Å². The maximum absolute atomic E-state index is 12.6. The van der Waals surface area contributed by atoms with E-state index < -0.39 is 5.91 Å². The van der Waals surface area contributed by atoms with Crippen LogP contribution in [0.1, 0.15) is 17.0 Å². The zero-order chi connectivity index (χ0) is 22.8. The number of amides is 1. The molecule has 0 saturated carbocycles. The molecule has 1 aliphatic rings. The van der Waals surface area contributed by atoms with Gasteiger partial charge in [-0.05, 0) is 75.1 Å². The number of halogens is 1. The molecule has 4 rings (SSSR count). The van der Waals surface area contributed by atoms with Crippen molar-refractivity contribution in [3.8, 4) is 11.3 Å². The van der Waals surface area contributed by atoms with Gasteiger partial charge >= 0.3 is 0 Å². The Labute approximate surface area is 191 Å². The van der Waals surface area contributed by atoms with Crippen molar-refractivity contribution < 1.29 is 19.6 Å². The highest BCUT2D eigenvalue weighted by Crippen LogP contribution is 2.33. The van der Waals surface area contributed by atoms with Crippen molar-refractivity contribution in [2.45, 2.75) is 12.5 Å². The van der Waals surface area contributed by atoms with Gasteiger partial charge in [-0.25, -0.2) is 0 Å². The van der Waals surface area contributed by atoms with E-state index >= 15 is 0 Å². The van der Waals surface area contributed by atoms with Crippen molar-refractivity contribution in [1.29, 1.82) is 0 Å². The first-order valence-electron chi connectivity index (χ1n) is 10.2. The number of nitrogens with zero attached hydrogens (tertiary/aromatic N) is 3. The van der Waals surface area contributed by atoms with E-state index in [4.69, 9.17) is 16.0 Å². The van der Waals surface area contributed by atoms with Gasteiger partial charge in [-0.1, -0.05) is 11.6 Å². The van der Waals surface area contributed by atoms with Gasteiger partial charge in [0.15, 0.2) is 5.76 Å². The van der Waals surface area contributed by atoms with Crippen molar-refractivity contribution >= 4 is 34.6 Å². The number of likely N-dealkylation sites (N-methyl/N-ethyl adjacent to an activating group) is 1. The van der Waals surface area contributed by atoms with Crippen LogP contribution in [-0.4, -0.2) is 54.4 Å². The Morgan fingerprint density at radius 1 is 1.12 bits per heavy atom. The molecular formula is C23H25ClN4O4. The van der Waals surface area contributed by atoms with Crippen LogP contribution in [0.3, 0.4) is 0 Å². The minimum absolute atomic E-state index is 0.0350. The van der Waals surface area contributed by atoms with Gasteiger partial charge in [0.05, 0.1) is 0 Å². The summed E-state index contributed by atoms with van der Waals surface area (Å²) in [5.41, 5.74) is 2.20. The predicted octanol–water partition coefficient (Wildman–Crippen LogP) is 4.58. The molecule has 0 aliphatic carbocycles. The molecule has 1 aromatic heterocycles. The van der Waals surface area contributed by atoms with Crippen LogP contribution >= 0.6 is 11.6 Å². The molecule has 1 aliphatic heterocycles. The van der Waals surface area contributed by atoms with Crippen LogP contribution in [0.4, 0.5) is 17.1 Å². The molecule has 0 bridgehead atoms. The molecule has 8 nitrogen and oxygen atoms in total. The zero-order valence-corrected chi connectivity index (χ0v) is 18.6. The molecule has 9 heteroatoms. The Balaban J connectivity index is 1.44. The summed E-state index contributed by atoms with van der Waals surface area (Å²) in [6.45, 7) is 2.00. The minimum atomic E-state index is -0.404. The fraction of sp³-hybridized carbons (Fsp3) is 0.261. The van der Waals surface area contributed by atoms with Crippen LogP contribution < -0.4 is 15.4 Å². The van der Waals surface area contributed by atoms with Crippen LogP contribution in [-0.2, 0) is 0 Å². The fourth-order valence-corrected chi connectivity index (χ4v) is 4.00. The monoisotopic (exact) mass is 456 g/mol. The van der Waals surface area contributed by atoms with Crippen LogP contribution in [0.2, 0.25) is 5.02 Å². The number of furan rings is 1. The Morgan fingerprint density at radius 2 is 1.88 bits per heavy atom. The van der Waals surface area contributed by atoms with E-state index in [-0.39, 0.29) is 16.7 Å². The molecule has 0 radical (unpaired) electrons. The number of carbonyl (C=O) groups is 1. The van der Waals surface area contributed by atoms with E-state index in [1.807, 2.05) is 24.3 Å². The average molecular weight is 457 g/mol. The molecule has 1 amide bonds. The summed E-state index contributed by atoms with van der Waals surface area (Å²) < 4.78 is 5.66. The van der Waals surface area contributed by atoms with E-state index in [2.05, 4.69) is 29.2 Å². The van der Waals surface area contributed by atoms with Gasteiger partial charge in [-0.2, -0.15) is 0 Å². The van der Waals surface area contributed by atoms with Crippen molar-refractivity contribution in [3.63, 3.8) is 0 Å². The van der Waals surface area contributed by atoms with Crippen LogP contribution in [0.15, 0.2) is 59.0 Å². The van der Waals surface area contributed by atoms with Gasteiger partial charge in [-0.3, -0.25) is 15.2 Å². The summed E-state index contributed by atoms with van der Waals surface area (Å²) in [5.74, 6) is -0.00581. The molecular weight excluding hydrogens is 432 g/mol. The third kappa shape index (κ3) is 4.73. The summed E-state index contributed by atoms with van der Waals surface area (Å²) in [6, 6.07) is 15.9. The van der Waals surface area contributed by atoms with Gasteiger partial charge < -0.3 is 19.5 Å². The Hall–Kier alpha value is -3.04.